The second kappa shape index (κ2) is 12.9. The number of aromatic hydroxyl groups is 2. The van der Waals surface area contributed by atoms with Crippen LogP contribution in [0.15, 0.2) is 121 Å². The van der Waals surface area contributed by atoms with Gasteiger partial charge in [-0.25, -0.2) is 15.0 Å². The van der Waals surface area contributed by atoms with Crippen molar-refractivity contribution < 1.29 is 10.2 Å². The molecule has 0 saturated carbocycles. The molecule has 42 heavy (non-hydrogen) atoms. The first-order valence-electron chi connectivity index (χ1n) is 14.1. The van der Waals surface area contributed by atoms with Crippen molar-refractivity contribution in [3.05, 3.63) is 127 Å². The fourth-order valence-electron chi connectivity index (χ4n) is 4.46. The highest BCUT2D eigenvalue weighted by atomic mass is 16.3. The summed E-state index contributed by atoms with van der Waals surface area (Å²) in [5.74, 6) is 1.17. The van der Waals surface area contributed by atoms with Gasteiger partial charge in [-0.3, -0.25) is 0 Å². The summed E-state index contributed by atoms with van der Waals surface area (Å²) in [6.45, 7) is 6.32. The van der Waals surface area contributed by atoms with Crippen LogP contribution in [0.1, 0.15) is 25.8 Å². The number of phenolic OH excluding ortho intramolecular Hbond substituents is 2. The van der Waals surface area contributed by atoms with Gasteiger partial charge < -0.3 is 10.2 Å². The van der Waals surface area contributed by atoms with Crippen LogP contribution < -0.4 is 0 Å². The number of benzene rings is 5. The predicted molar refractivity (Wildman–Crippen MR) is 171 cm³/mol. The summed E-state index contributed by atoms with van der Waals surface area (Å²) >= 11 is 0. The van der Waals surface area contributed by atoms with Crippen LogP contribution in [-0.2, 0) is 0 Å². The molecule has 0 fully saturated rings. The SMILES string of the molecule is CCC.Cc1ccc(-c2ccc(-c3nc(-c4ccc(-c5ccccc5)cc4)nc(-c4ccc(O)cc4O)n3)cc2)cc1. The third-order valence-corrected chi connectivity index (χ3v) is 6.64. The molecule has 0 unspecified atom stereocenters. The molecule has 5 nitrogen and oxygen atoms in total. The highest BCUT2D eigenvalue weighted by molar-refractivity contribution is 5.73. The molecular weight excluding hydrogens is 518 g/mol. The molecule has 0 saturated heterocycles. The molecule has 5 heteroatoms. The standard InChI is InChI=1S/C34H25N3O2.C3H8/c1-22-7-9-24(10-8-22)26-13-17-28(18-14-26)33-35-32(36-34(37-33)30-20-19-29(38)21-31(30)39)27-15-11-25(12-16-27)23-5-3-2-4-6-23;1-3-2/h2-21,38-39H,1H3;3H2,1-2H3. The maximum absolute atomic E-state index is 10.6. The molecule has 0 amide bonds. The Morgan fingerprint density at radius 1 is 0.476 bits per heavy atom. The van der Waals surface area contributed by atoms with Crippen molar-refractivity contribution in [2.24, 2.45) is 0 Å². The fourth-order valence-corrected chi connectivity index (χ4v) is 4.46. The molecule has 0 aliphatic heterocycles. The number of hydrogen-bond acceptors (Lipinski definition) is 5. The molecule has 0 spiro atoms. The van der Waals surface area contributed by atoms with E-state index in [1.54, 1.807) is 6.07 Å². The maximum Gasteiger partial charge on any atom is 0.167 e. The largest absolute Gasteiger partial charge is 0.508 e. The van der Waals surface area contributed by atoms with Gasteiger partial charge in [0.1, 0.15) is 11.5 Å². The molecule has 0 atom stereocenters. The third-order valence-electron chi connectivity index (χ3n) is 6.64. The van der Waals surface area contributed by atoms with Crippen molar-refractivity contribution >= 4 is 0 Å². The van der Waals surface area contributed by atoms with Crippen LogP contribution in [0.2, 0.25) is 0 Å². The number of phenols is 2. The Morgan fingerprint density at radius 3 is 1.36 bits per heavy atom. The van der Waals surface area contributed by atoms with Crippen molar-refractivity contribution in [1.82, 2.24) is 15.0 Å². The van der Waals surface area contributed by atoms with E-state index in [9.17, 15) is 10.2 Å². The van der Waals surface area contributed by atoms with E-state index in [1.807, 2.05) is 54.6 Å². The number of rotatable bonds is 5. The smallest absolute Gasteiger partial charge is 0.167 e. The minimum atomic E-state index is -0.104. The van der Waals surface area contributed by atoms with Crippen molar-refractivity contribution in [3.8, 4) is 67.9 Å². The van der Waals surface area contributed by atoms with E-state index < -0.39 is 0 Å². The molecule has 2 N–H and O–H groups in total. The van der Waals surface area contributed by atoms with E-state index in [1.165, 1.54) is 24.1 Å². The summed E-state index contributed by atoms with van der Waals surface area (Å²) in [7, 11) is 0. The minimum absolute atomic E-state index is 0.0334. The van der Waals surface area contributed by atoms with Gasteiger partial charge in [-0.2, -0.15) is 0 Å². The Labute approximate surface area is 246 Å². The quantitative estimate of drug-likeness (QED) is 0.223. The topological polar surface area (TPSA) is 79.1 Å². The van der Waals surface area contributed by atoms with E-state index in [4.69, 9.17) is 15.0 Å². The summed E-state index contributed by atoms with van der Waals surface area (Å²) < 4.78 is 0. The summed E-state index contributed by atoms with van der Waals surface area (Å²) in [4.78, 5) is 14.2. The summed E-state index contributed by atoms with van der Waals surface area (Å²) in [5.41, 5.74) is 7.74. The Hall–Kier alpha value is -5.29. The highest BCUT2D eigenvalue weighted by Gasteiger charge is 2.15. The van der Waals surface area contributed by atoms with Crippen molar-refractivity contribution in [1.29, 1.82) is 0 Å². The van der Waals surface area contributed by atoms with Gasteiger partial charge in [0.15, 0.2) is 17.5 Å². The van der Waals surface area contributed by atoms with Gasteiger partial charge >= 0.3 is 0 Å². The van der Waals surface area contributed by atoms with Gasteiger partial charge in [0, 0.05) is 17.2 Å². The van der Waals surface area contributed by atoms with Crippen molar-refractivity contribution in [3.63, 3.8) is 0 Å². The van der Waals surface area contributed by atoms with E-state index in [0.29, 0.717) is 23.0 Å². The van der Waals surface area contributed by atoms with E-state index in [-0.39, 0.29) is 11.5 Å². The number of hydrogen-bond donors (Lipinski definition) is 2. The summed E-state index contributed by atoms with van der Waals surface area (Å²) in [6.07, 6.45) is 1.25. The predicted octanol–water partition coefficient (Wildman–Crippen LogP) is 9.34. The normalized spacial score (nSPS) is 10.5. The molecule has 0 aliphatic rings. The van der Waals surface area contributed by atoms with Gasteiger partial charge in [-0.05, 0) is 41.3 Å². The molecule has 1 heterocycles. The lowest BCUT2D eigenvalue weighted by Gasteiger charge is -2.11. The second-order valence-corrected chi connectivity index (χ2v) is 10.1. The van der Waals surface area contributed by atoms with E-state index in [0.717, 1.165) is 33.4 Å². The zero-order valence-electron chi connectivity index (χ0n) is 24.0. The molecule has 1 aromatic heterocycles. The van der Waals surface area contributed by atoms with Crippen LogP contribution >= 0.6 is 0 Å². The van der Waals surface area contributed by atoms with Crippen LogP contribution in [0.3, 0.4) is 0 Å². The lowest BCUT2D eigenvalue weighted by molar-refractivity contribution is 0.451. The first kappa shape index (κ1) is 28.2. The lowest BCUT2D eigenvalue weighted by atomic mass is 10.0. The number of aromatic nitrogens is 3. The van der Waals surface area contributed by atoms with E-state index >= 15 is 0 Å². The Morgan fingerprint density at radius 2 is 0.881 bits per heavy atom. The van der Waals surface area contributed by atoms with Crippen molar-refractivity contribution in [2.75, 3.05) is 0 Å². The van der Waals surface area contributed by atoms with Gasteiger partial charge in [0.05, 0.1) is 5.56 Å². The molecule has 6 rings (SSSR count). The molecular formula is C37H33N3O2. The van der Waals surface area contributed by atoms with Crippen LogP contribution in [-0.4, -0.2) is 25.2 Å². The summed E-state index contributed by atoms with van der Waals surface area (Å²) in [5, 5.41) is 20.3. The van der Waals surface area contributed by atoms with Gasteiger partial charge in [-0.1, -0.05) is 129 Å². The average molecular weight is 552 g/mol. The van der Waals surface area contributed by atoms with Gasteiger partial charge in [0.2, 0.25) is 0 Å². The fraction of sp³-hybridized carbons (Fsp3) is 0.108. The summed E-state index contributed by atoms with van der Waals surface area (Å²) in [6, 6.07) is 39.1. The Bertz CT molecular complexity index is 1760. The number of nitrogens with zero attached hydrogens (tertiary/aromatic N) is 3. The zero-order valence-corrected chi connectivity index (χ0v) is 24.0. The average Bonchev–Trinajstić information content (AvgIpc) is 3.02. The van der Waals surface area contributed by atoms with Gasteiger partial charge in [-0.15, -0.1) is 0 Å². The molecule has 0 aliphatic carbocycles. The Kier molecular flexibility index (Phi) is 8.69. The third kappa shape index (κ3) is 6.53. The zero-order chi connectivity index (χ0) is 29.5. The molecule has 5 aromatic carbocycles. The van der Waals surface area contributed by atoms with Crippen LogP contribution in [0.5, 0.6) is 11.5 Å². The lowest BCUT2D eigenvalue weighted by Crippen LogP contribution is -2.00. The van der Waals surface area contributed by atoms with Crippen LogP contribution in [0, 0.1) is 6.92 Å². The van der Waals surface area contributed by atoms with E-state index in [2.05, 4.69) is 69.3 Å². The first-order valence-corrected chi connectivity index (χ1v) is 14.1. The Balaban J connectivity index is 0.00000113. The first-order chi connectivity index (χ1) is 20.4. The molecule has 208 valence electrons. The molecule has 6 aromatic rings. The number of aryl methyl sites for hydroxylation is 1. The monoisotopic (exact) mass is 551 g/mol. The van der Waals surface area contributed by atoms with Crippen LogP contribution in [0.25, 0.3) is 56.4 Å². The van der Waals surface area contributed by atoms with Crippen molar-refractivity contribution in [2.45, 2.75) is 27.2 Å². The molecule has 0 bridgehead atoms. The van der Waals surface area contributed by atoms with Crippen LogP contribution in [0.4, 0.5) is 0 Å². The van der Waals surface area contributed by atoms with Gasteiger partial charge in [0.25, 0.3) is 0 Å². The molecule has 0 radical (unpaired) electrons. The maximum atomic E-state index is 10.6. The highest BCUT2D eigenvalue weighted by Crippen LogP contribution is 2.33. The second-order valence-electron chi connectivity index (χ2n) is 10.1. The minimum Gasteiger partial charge on any atom is -0.508 e.